The van der Waals surface area contributed by atoms with Gasteiger partial charge < -0.3 is 20.1 Å². The minimum Gasteiger partial charge on any atom is -0.393 e. The average Bonchev–Trinajstić information content (AvgIpc) is 2.85. The number of unbranched alkanes of at least 4 members (excludes halogenated alkanes) is 4. The van der Waals surface area contributed by atoms with Crippen molar-refractivity contribution in [2.24, 2.45) is 11.8 Å². The van der Waals surface area contributed by atoms with E-state index in [1.165, 1.54) is 0 Å². The highest BCUT2D eigenvalue weighted by Crippen LogP contribution is 2.36. The molecule has 5 atom stereocenters. The predicted octanol–water partition coefficient (Wildman–Crippen LogP) is 3.60. The lowest BCUT2D eigenvalue weighted by molar-refractivity contribution is 0.120. The first-order valence-electron chi connectivity index (χ1n) is 9.96. The maximum absolute atomic E-state index is 10.2. The van der Waals surface area contributed by atoms with E-state index < -0.39 is 18.3 Å². The zero-order chi connectivity index (χ0) is 18.5. The van der Waals surface area contributed by atoms with Crippen molar-refractivity contribution < 1.29 is 20.1 Å². The highest BCUT2D eigenvalue weighted by Gasteiger charge is 2.39. The van der Waals surface area contributed by atoms with Crippen LogP contribution in [0.15, 0.2) is 24.3 Å². The summed E-state index contributed by atoms with van der Waals surface area (Å²) in [6.45, 7) is 2.95. The van der Waals surface area contributed by atoms with Crippen LogP contribution in [0.4, 0.5) is 0 Å². The zero-order valence-electron chi connectivity index (χ0n) is 16.0. The van der Waals surface area contributed by atoms with Gasteiger partial charge in [0.1, 0.15) is 0 Å². The first-order chi connectivity index (χ1) is 12.1. The van der Waals surface area contributed by atoms with Crippen LogP contribution in [0.5, 0.6) is 0 Å². The Bertz CT molecular complexity index is 380. The highest BCUT2D eigenvalue weighted by molar-refractivity contribution is 5.06. The van der Waals surface area contributed by atoms with Gasteiger partial charge in [-0.3, -0.25) is 0 Å². The van der Waals surface area contributed by atoms with Crippen LogP contribution >= 0.6 is 0 Å². The Hall–Kier alpha value is -0.680. The van der Waals surface area contributed by atoms with Crippen molar-refractivity contribution in [2.45, 2.75) is 83.0 Å². The van der Waals surface area contributed by atoms with E-state index in [9.17, 15) is 15.3 Å². The second-order valence-electron chi connectivity index (χ2n) is 7.26. The average molecular weight is 355 g/mol. The number of hydrogen-bond donors (Lipinski definition) is 3. The molecule has 0 amide bonds. The van der Waals surface area contributed by atoms with Gasteiger partial charge in [0.2, 0.25) is 0 Å². The van der Waals surface area contributed by atoms with E-state index in [1.807, 2.05) is 12.2 Å². The summed E-state index contributed by atoms with van der Waals surface area (Å²) in [6.07, 6.45) is 15.0. The van der Waals surface area contributed by atoms with Crippen LogP contribution in [0.2, 0.25) is 0 Å². The zero-order valence-corrected chi connectivity index (χ0v) is 16.0. The van der Waals surface area contributed by atoms with Crippen LogP contribution in [0.1, 0.15) is 64.7 Å². The molecule has 0 saturated heterocycles. The largest absolute Gasteiger partial charge is 0.393 e. The summed E-state index contributed by atoms with van der Waals surface area (Å²) in [5.41, 5.74) is 0. The van der Waals surface area contributed by atoms with E-state index >= 15 is 0 Å². The Balaban J connectivity index is 2.42. The molecule has 0 bridgehead atoms. The molecule has 0 aromatic heterocycles. The molecule has 3 N–H and O–H groups in total. The van der Waals surface area contributed by atoms with Gasteiger partial charge in [-0.25, -0.2) is 0 Å². The maximum Gasteiger partial charge on any atom is 0.0721 e. The lowest BCUT2D eigenvalue weighted by Gasteiger charge is -2.19. The molecule has 0 aliphatic heterocycles. The molecular formula is C21H38O4. The van der Waals surface area contributed by atoms with Gasteiger partial charge in [0.05, 0.1) is 18.3 Å². The maximum atomic E-state index is 10.2. The van der Waals surface area contributed by atoms with E-state index in [1.54, 1.807) is 7.11 Å². The van der Waals surface area contributed by atoms with Gasteiger partial charge in [0.15, 0.2) is 0 Å². The Morgan fingerprint density at radius 3 is 2.60 bits per heavy atom. The quantitative estimate of drug-likeness (QED) is 0.349. The molecule has 0 radical (unpaired) electrons. The van der Waals surface area contributed by atoms with Crippen LogP contribution in [0.3, 0.4) is 0 Å². The van der Waals surface area contributed by atoms with Gasteiger partial charge in [0, 0.05) is 26.1 Å². The molecule has 1 aliphatic carbocycles. The monoisotopic (exact) mass is 354 g/mol. The smallest absolute Gasteiger partial charge is 0.0721 e. The van der Waals surface area contributed by atoms with Crippen LogP contribution in [0.25, 0.3) is 0 Å². The minimum atomic E-state index is -0.519. The predicted molar refractivity (Wildman–Crippen MR) is 102 cm³/mol. The van der Waals surface area contributed by atoms with Crippen molar-refractivity contribution in [2.75, 3.05) is 13.7 Å². The number of rotatable bonds is 13. The van der Waals surface area contributed by atoms with Crippen molar-refractivity contribution >= 4 is 0 Å². The summed E-state index contributed by atoms with van der Waals surface area (Å²) in [4.78, 5) is 0. The normalized spacial score (nSPS) is 28.4. The molecule has 1 rings (SSSR count). The number of methoxy groups -OCH3 is 1. The van der Waals surface area contributed by atoms with E-state index in [0.29, 0.717) is 6.42 Å². The van der Waals surface area contributed by atoms with Crippen molar-refractivity contribution in [1.29, 1.82) is 0 Å². The molecule has 0 aromatic carbocycles. The molecule has 1 unspecified atom stereocenters. The fraction of sp³-hybridized carbons (Fsp3) is 0.810. The second kappa shape index (κ2) is 13.5. The van der Waals surface area contributed by atoms with Gasteiger partial charge in [-0.1, -0.05) is 50.5 Å². The van der Waals surface area contributed by atoms with Gasteiger partial charge in [-0.15, -0.1) is 0 Å². The number of ether oxygens (including phenoxy) is 1. The molecular weight excluding hydrogens is 316 g/mol. The summed E-state index contributed by atoms with van der Waals surface area (Å²) < 4.78 is 5.03. The third-order valence-corrected chi connectivity index (χ3v) is 5.12. The van der Waals surface area contributed by atoms with Gasteiger partial charge in [0.25, 0.3) is 0 Å². The standard InChI is InChI=1S/C21H38O4/c1-3-4-8-11-17(22)13-14-19-18(20(23)16-21(19)24)12-9-6-5-7-10-15-25-2/h6,9,13-14,17-24H,3-5,7-8,10-12,15-16H2,1-2H3/t17-,18?,19+,20-,21+/m0/s1. The third kappa shape index (κ3) is 9.00. The van der Waals surface area contributed by atoms with Gasteiger partial charge >= 0.3 is 0 Å². The number of aliphatic hydroxyl groups is 3. The number of allylic oxidation sites excluding steroid dienone is 2. The van der Waals surface area contributed by atoms with E-state index in [2.05, 4.69) is 19.1 Å². The van der Waals surface area contributed by atoms with E-state index in [4.69, 9.17) is 4.74 Å². The molecule has 0 spiro atoms. The Morgan fingerprint density at radius 2 is 1.88 bits per heavy atom. The van der Waals surface area contributed by atoms with E-state index in [-0.39, 0.29) is 11.8 Å². The van der Waals surface area contributed by atoms with Crippen molar-refractivity contribution in [3.05, 3.63) is 24.3 Å². The molecule has 1 saturated carbocycles. The highest BCUT2D eigenvalue weighted by atomic mass is 16.5. The number of hydrogen-bond acceptors (Lipinski definition) is 4. The molecule has 25 heavy (non-hydrogen) atoms. The van der Waals surface area contributed by atoms with Crippen LogP contribution < -0.4 is 0 Å². The Morgan fingerprint density at radius 1 is 1.08 bits per heavy atom. The molecule has 146 valence electrons. The van der Waals surface area contributed by atoms with Crippen molar-refractivity contribution in [3.63, 3.8) is 0 Å². The fourth-order valence-corrected chi connectivity index (χ4v) is 3.54. The molecule has 1 aliphatic rings. The van der Waals surface area contributed by atoms with E-state index in [0.717, 1.165) is 58.0 Å². The van der Waals surface area contributed by atoms with Crippen LogP contribution in [-0.2, 0) is 4.74 Å². The Labute approximate surface area is 153 Å². The first kappa shape index (κ1) is 22.4. The number of aliphatic hydroxyl groups excluding tert-OH is 3. The van der Waals surface area contributed by atoms with Crippen LogP contribution in [-0.4, -0.2) is 47.3 Å². The molecule has 4 nitrogen and oxygen atoms in total. The van der Waals surface area contributed by atoms with Crippen molar-refractivity contribution in [3.8, 4) is 0 Å². The summed E-state index contributed by atoms with van der Waals surface area (Å²) in [5.74, 6) is -0.0433. The third-order valence-electron chi connectivity index (χ3n) is 5.12. The van der Waals surface area contributed by atoms with Gasteiger partial charge in [-0.05, 0) is 38.0 Å². The molecule has 0 aromatic rings. The minimum absolute atomic E-state index is 0.0318. The topological polar surface area (TPSA) is 69.9 Å². The SMILES string of the molecule is CCCCC[C@H](O)C=C[C@@H]1C(CC=CCCCCOC)[C@@H](O)C[C@H]1O. The molecule has 0 heterocycles. The first-order valence-corrected chi connectivity index (χ1v) is 9.96. The summed E-state index contributed by atoms with van der Waals surface area (Å²) in [5, 5.41) is 30.5. The summed E-state index contributed by atoms with van der Waals surface area (Å²) >= 11 is 0. The fourth-order valence-electron chi connectivity index (χ4n) is 3.54. The lowest BCUT2D eigenvalue weighted by atomic mass is 9.89. The molecule has 1 fully saturated rings. The van der Waals surface area contributed by atoms with Crippen LogP contribution in [0, 0.1) is 11.8 Å². The lowest BCUT2D eigenvalue weighted by Crippen LogP contribution is -2.20. The van der Waals surface area contributed by atoms with Crippen molar-refractivity contribution in [1.82, 2.24) is 0 Å². The Kier molecular flexibility index (Phi) is 12.1. The summed E-state index contributed by atoms with van der Waals surface area (Å²) in [6, 6.07) is 0. The molecule has 4 heteroatoms. The van der Waals surface area contributed by atoms with Gasteiger partial charge in [-0.2, -0.15) is 0 Å². The second-order valence-corrected chi connectivity index (χ2v) is 7.26. The summed E-state index contributed by atoms with van der Waals surface area (Å²) in [7, 11) is 1.72.